The Morgan fingerprint density at radius 1 is 1.44 bits per heavy atom. The normalized spacial score (nSPS) is 23.7. The molecule has 1 aromatic carbocycles. The molecular formula is C12H16FNO3S. The molecule has 2 rings (SSSR count). The van der Waals surface area contributed by atoms with Gasteiger partial charge in [0.1, 0.15) is 10.7 Å². The minimum absolute atomic E-state index is 0.109. The minimum Gasteiger partial charge on any atom is -0.392 e. The molecule has 1 aliphatic rings. The summed E-state index contributed by atoms with van der Waals surface area (Å²) < 4.78 is 40.0. The van der Waals surface area contributed by atoms with Crippen molar-refractivity contribution in [3.63, 3.8) is 0 Å². The Bertz CT molecular complexity index is 538. The molecular weight excluding hydrogens is 257 g/mol. The second kappa shape index (κ2) is 4.95. The third kappa shape index (κ3) is 2.71. The number of aliphatic hydroxyl groups excluding tert-OH is 1. The summed E-state index contributed by atoms with van der Waals surface area (Å²) in [5.74, 6) is -0.293. The van der Waals surface area contributed by atoms with Gasteiger partial charge >= 0.3 is 0 Å². The maximum atomic E-state index is 13.5. The summed E-state index contributed by atoms with van der Waals surface area (Å²) in [7, 11) is -3.84. The zero-order valence-corrected chi connectivity index (χ0v) is 10.9. The van der Waals surface area contributed by atoms with Crippen molar-refractivity contribution in [3.05, 3.63) is 29.6 Å². The number of benzene rings is 1. The predicted octanol–water partition coefficient (Wildman–Crippen LogP) is 1.39. The van der Waals surface area contributed by atoms with Gasteiger partial charge in [0.2, 0.25) is 10.0 Å². The topological polar surface area (TPSA) is 66.4 Å². The molecule has 0 aromatic heterocycles. The molecule has 0 spiro atoms. The van der Waals surface area contributed by atoms with Crippen molar-refractivity contribution in [2.75, 3.05) is 0 Å². The molecule has 0 atom stereocenters. The number of nitrogens with one attached hydrogen (secondary N) is 1. The van der Waals surface area contributed by atoms with Gasteiger partial charge in [-0.1, -0.05) is 13.0 Å². The van der Waals surface area contributed by atoms with Gasteiger partial charge in [-0.2, -0.15) is 0 Å². The first-order chi connectivity index (χ1) is 8.42. The summed E-state index contributed by atoms with van der Waals surface area (Å²) in [6.45, 7) is 1.72. The first-order valence-electron chi connectivity index (χ1n) is 5.84. The van der Waals surface area contributed by atoms with E-state index in [0.29, 0.717) is 11.5 Å². The SMILES string of the molecule is CC1CC(NS(=O)(=O)c2cc(CO)ccc2F)C1. The Morgan fingerprint density at radius 3 is 2.67 bits per heavy atom. The molecule has 0 bridgehead atoms. The van der Waals surface area contributed by atoms with E-state index in [-0.39, 0.29) is 12.6 Å². The molecule has 4 nitrogen and oxygen atoms in total. The highest BCUT2D eigenvalue weighted by Crippen LogP contribution is 2.28. The van der Waals surface area contributed by atoms with E-state index in [1.165, 1.54) is 12.1 Å². The van der Waals surface area contributed by atoms with Gasteiger partial charge in [-0.15, -0.1) is 0 Å². The van der Waals surface area contributed by atoms with Crippen molar-refractivity contribution in [3.8, 4) is 0 Å². The summed E-state index contributed by atoms with van der Waals surface area (Å²) >= 11 is 0. The van der Waals surface area contributed by atoms with Gasteiger partial charge in [0, 0.05) is 6.04 Å². The second-order valence-electron chi connectivity index (χ2n) is 4.82. The number of sulfonamides is 1. The van der Waals surface area contributed by atoms with Crippen LogP contribution in [0.2, 0.25) is 0 Å². The first-order valence-corrected chi connectivity index (χ1v) is 7.32. The number of aliphatic hydroxyl groups is 1. The van der Waals surface area contributed by atoms with Gasteiger partial charge in [0.25, 0.3) is 0 Å². The van der Waals surface area contributed by atoms with Crippen LogP contribution in [0, 0.1) is 11.7 Å². The summed E-state index contributed by atoms with van der Waals surface area (Å²) in [6, 6.07) is 3.48. The Morgan fingerprint density at radius 2 is 2.11 bits per heavy atom. The molecule has 0 heterocycles. The largest absolute Gasteiger partial charge is 0.392 e. The number of rotatable bonds is 4. The highest BCUT2D eigenvalue weighted by molar-refractivity contribution is 7.89. The van der Waals surface area contributed by atoms with E-state index in [0.717, 1.165) is 18.9 Å². The van der Waals surface area contributed by atoms with E-state index in [1.807, 2.05) is 6.92 Å². The van der Waals surface area contributed by atoms with Crippen LogP contribution >= 0.6 is 0 Å². The number of halogens is 1. The lowest BCUT2D eigenvalue weighted by Crippen LogP contribution is -2.43. The van der Waals surface area contributed by atoms with Gasteiger partial charge in [-0.3, -0.25) is 0 Å². The van der Waals surface area contributed by atoms with Crippen LogP contribution in [0.4, 0.5) is 4.39 Å². The lowest BCUT2D eigenvalue weighted by Gasteiger charge is -2.32. The van der Waals surface area contributed by atoms with Crippen LogP contribution in [0.1, 0.15) is 25.3 Å². The van der Waals surface area contributed by atoms with Gasteiger partial charge in [0.15, 0.2) is 0 Å². The third-order valence-corrected chi connectivity index (χ3v) is 4.70. The molecule has 100 valence electrons. The van der Waals surface area contributed by atoms with Gasteiger partial charge in [-0.05, 0) is 36.5 Å². The van der Waals surface area contributed by atoms with E-state index >= 15 is 0 Å². The van der Waals surface area contributed by atoms with Gasteiger partial charge < -0.3 is 5.11 Å². The molecule has 0 aliphatic heterocycles. The van der Waals surface area contributed by atoms with Crippen LogP contribution in [0.15, 0.2) is 23.1 Å². The Labute approximate surface area is 106 Å². The fourth-order valence-electron chi connectivity index (χ4n) is 2.13. The molecule has 6 heteroatoms. The van der Waals surface area contributed by atoms with Crippen LogP contribution < -0.4 is 4.72 Å². The van der Waals surface area contributed by atoms with Gasteiger partial charge in [-0.25, -0.2) is 17.5 Å². The fourth-order valence-corrected chi connectivity index (χ4v) is 3.52. The van der Waals surface area contributed by atoms with Crippen LogP contribution in [0.5, 0.6) is 0 Å². The van der Waals surface area contributed by atoms with E-state index in [9.17, 15) is 12.8 Å². The molecule has 1 aliphatic carbocycles. The quantitative estimate of drug-likeness (QED) is 0.871. The van der Waals surface area contributed by atoms with Crippen molar-refractivity contribution in [1.29, 1.82) is 0 Å². The smallest absolute Gasteiger partial charge is 0.243 e. The first kappa shape index (κ1) is 13.5. The molecule has 2 N–H and O–H groups in total. The molecule has 1 saturated carbocycles. The monoisotopic (exact) mass is 273 g/mol. The minimum atomic E-state index is -3.84. The molecule has 0 saturated heterocycles. The van der Waals surface area contributed by atoms with Crippen molar-refractivity contribution >= 4 is 10.0 Å². The van der Waals surface area contributed by atoms with E-state index < -0.39 is 20.7 Å². The molecule has 1 aromatic rings. The lowest BCUT2D eigenvalue weighted by molar-refractivity contribution is 0.270. The Hall–Kier alpha value is -0.980. The van der Waals surface area contributed by atoms with E-state index in [2.05, 4.69) is 4.72 Å². The maximum Gasteiger partial charge on any atom is 0.243 e. The zero-order valence-electron chi connectivity index (χ0n) is 10.1. The van der Waals surface area contributed by atoms with Crippen LogP contribution in [0.25, 0.3) is 0 Å². The average molecular weight is 273 g/mol. The maximum absolute atomic E-state index is 13.5. The Balaban J connectivity index is 2.23. The summed E-state index contributed by atoms with van der Waals surface area (Å²) in [5, 5.41) is 8.95. The number of hydrogen-bond acceptors (Lipinski definition) is 3. The third-order valence-electron chi connectivity index (χ3n) is 3.16. The van der Waals surface area contributed by atoms with Crippen molar-refractivity contribution in [2.24, 2.45) is 5.92 Å². The Kier molecular flexibility index (Phi) is 3.70. The van der Waals surface area contributed by atoms with Crippen LogP contribution in [0.3, 0.4) is 0 Å². The van der Waals surface area contributed by atoms with E-state index in [4.69, 9.17) is 5.11 Å². The van der Waals surface area contributed by atoms with Crippen molar-refractivity contribution < 1.29 is 17.9 Å². The van der Waals surface area contributed by atoms with Crippen LogP contribution in [-0.4, -0.2) is 19.6 Å². The fraction of sp³-hybridized carbons (Fsp3) is 0.500. The van der Waals surface area contributed by atoms with Crippen molar-refractivity contribution in [1.82, 2.24) is 4.72 Å². The highest BCUT2D eigenvalue weighted by atomic mass is 32.2. The zero-order chi connectivity index (χ0) is 13.3. The highest BCUT2D eigenvalue weighted by Gasteiger charge is 2.31. The second-order valence-corrected chi connectivity index (χ2v) is 6.50. The predicted molar refractivity (Wildman–Crippen MR) is 64.8 cm³/mol. The molecule has 0 amide bonds. The van der Waals surface area contributed by atoms with Crippen molar-refractivity contribution in [2.45, 2.75) is 37.3 Å². The molecule has 0 radical (unpaired) electrons. The van der Waals surface area contributed by atoms with Gasteiger partial charge in [0.05, 0.1) is 6.61 Å². The van der Waals surface area contributed by atoms with Crippen LogP contribution in [-0.2, 0) is 16.6 Å². The standard InChI is InChI=1S/C12H16FNO3S/c1-8-4-10(5-8)14-18(16,17)12-6-9(7-15)2-3-11(12)13/h2-3,6,8,10,14-15H,4-5,7H2,1H3. The molecule has 1 fully saturated rings. The summed E-state index contributed by atoms with van der Waals surface area (Å²) in [4.78, 5) is -0.395. The summed E-state index contributed by atoms with van der Waals surface area (Å²) in [5.41, 5.74) is 0.374. The average Bonchev–Trinajstić information content (AvgIpc) is 2.27. The van der Waals surface area contributed by atoms with E-state index in [1.54, 1.807) is 0 Å². The molecule has 0 unspecified atom stereocenters. The molecule has 18 heavy (non-hydrogen) atoms. The number of hydrogen-bond donors (Lipinski definition) is 2. The lowest BCUT2D eigenvalue weighted by atomic mass is 9.83. The summed E-state index contributed by atoms with van der Waals surface area (Å²) in [6.07, 6.45) is 1.56.